The standard InChI is InChI=1S/C28H25N5O5S/c1-31-25-24(26(35)32(2)28(31)36)33(15-18-8-5-7-17-6-3-4-9-20(17)18)27(30-25)39-16-23(34)29-19-10-11-21-22(14-19)38-13-12-37-21/h3-11,14H,12-13,15-16H2,1-2H3,(H,29,34). The smallest absolute Gasteiger partial charge is 0.332 e. The van der Waals surface area contributed by atoms with Gasteiger partial charge in [-0.3, -0.25) is 18.7 Å². The highest BCUT2D eigenvalue weighted by molar-refractivity contribution is 7.99. The number of nitrogens with one attached hydrogen (secondary N) is 1. The summed E-state index contributed by atoms with van der Waals surface area (Å²) in [7, 11) is 3.04. The maximum absolute atomic E-state index is 13.3. The number of ether oxygens (including phenoxy) is 2. The number of carbonyl (C=O) groups is 1. The zero-order chi connectivity index (χ0) is 27.1. The van der Waals surface area contributed by atoms with Crippen LogP contribution in [0.1, 0.15) is 5.56 Å². The van der Waals surface area contributed by atoms with E-state index in [1.807, 2.05) is 42.5 Å². The van der Waals surface area contributed by atoms with E-state index in [1.54, 1.807) is 29.8 Å². The summed E-state index contributed by atoms with van der Waals surface area (Å²) >= 11 is 1.20. The molecule has 10 nitrogen and oxygen atoms in total. The minimum atomic E-state index is -0.463. The summed E-state index contributed by atoms with van der Waals surface area (Å²) in [6.45, 7) is 1.29. The zero-order valence-corrected chi connectivity index (χ0v) is 22.2. The van der Waals surface area contributed by atoms with Gasteiger partial charge in [0.25, 0.3) is 5.56 Å². The van der Waals surface area contributed by atoms with Gasteiger partial charge in [-0.15, -0.1) is 0 Å². The average Bonchev–Trinajstić information content (AvgIpc) is 3.32. The molecule has 39 heavy (non-hydrogen) atoms. The van der Waals surface area contributed by atoms with Gasteiger partial charge in [0.1, 0.15) is 13.2 Å². The van der Waals surface area contributed by atoms with Gasteiger partial charge in [-0.2, -0.15) is 0 Å². The van der Waals surface area contributed by atoms with Gasteiger partial charge in [-0.25, -0.2) is 9.78 Å². The number of anilines is 1. The molecule has 2 aromatic heterocycles. The van der Waals surface area contributed by atoms with Crippen LogP contribution in [0.15, 0.2) is 75.4 Å². The summed E-state index contributed by atoms with van der Waals surface area (Å²) in [5.41, 5.74) is 1.26. The summed E-state index contributed by atoms with van der Waals surface area (Å²) in [5.74, 6) is 1.02. The van der Waals surface area contributed by atoms with Crippen molar-refractivity contribution in [3.8, 4) is 11.5 Å². The number of hydrogen-bond donors (Lipinski definition) is 1. The number of amides is 1. The van der Waals surface area contributed by atoms with E-state index < -0.39 is 11.2 Å². The van der Waals surface area contributed by atoms with Gasteiger partial charge in [0.15, 0.2) is 27.8 Å². The number of benzene rings is 3. The van der Waals surface area contributed by atoms with Crippen molar-refractivity contribution in [2.45, 2.75) is 11.7 Å². The molecule has 1 amide bonds. The highest BCUT2D eigenvalue weighted by Gasteiger charge is 2.21. The fraction of sp³-hybridized carbons (Fsp3) is 0.214. The SMILES string of the molecule is Cn1c(=O)c2c(nc(SCC(=O)Nc3ccc4c(c3)OCCO4)n2Cc2cccc3ccccc23)n(C)c1=O. The molecule has 6 rings (SSSR count). The maximum atomic E-state index is 13.3. The fourth-order valence-corrected chi connectivity index (χ4v) is 5.53. The molecule has 11 heteroatoms. The molecule has 0 bridgehead atoms. The maximum Gasteiger partial charge on any atom is 0.332 e. The largest absolute Gasteiger partial charge is 0.486 e. The van der Waals surface area contributed by atoms with Gasteiger partial charge in [0, 0.05) is 25.8 Å². The molecule has 0 fully saturated rings. The first-order valence-electron chi connectivity index (χ1n) is 12.4. The average molecular weight is 544 g/mol. The Balaban J connectivity index is 1.34. The first-order chi connectivity index (χ1) is 18.9. The Kier molecular flexibility index (Phi) is 6.35. The number of aryl methyl sites for hydroxylation is 1. The second-order valence-corrected chi connectivity index (χ2v) is 10.1. The highest BCUT2D eigenvalue weighted by Crippen LogP contribution is 2.33. The molecule has 1 aliphatic rings. The second kappa shape index (κ2) is 9.99. The van der Waals surface area contributed by atoms with E-state index in [2.05, 4.69) is 10.3 Å². The molecule has 0 atom stereocenters. The number of rotatable bonds is 6. The summed E-state index contributed by atoms with van der Waals surface area (Å²) < 4.78 is 15.4. The van der Waals surface area contributed by atoms with Crippen LogP contribution in [-0.2, 0) is 25.4 Å². The molecule has 0 unspecified atom stereocenters. The normalized spacial score (nSPS) is 12.7. The quantitative estimate of drug-likeness (QED) is 0.328. The Morgan fingerprint density at radius 2 is 1.74 bits per heavy atom. The van der Waals surface area contributed by atoms with Gasteiger partial charge in [-0.1, -0.05) is 54.2 Å². The van der Waals surface area contributed by atoms with Crippen molar-refractivity contribution in [2.24, 2.45) is 14.1 Å². The van der Waals surface area contributed by atoms with E-state index >= 15 is 0 Å². The lowest BCUT2D eigenvalue weighted by Crippen LogP contribution is -2.37. The monoisotopic (exact) mass is 543 g/mol. The Labute approximate surface area is 226 Å². The molecule has 5 aromatic rings. The summed E-state index contributed by atoms with van der Waals surface area (Å²) in [6, 6.07) is 19.3. The molecule has 0 aliphatic carbocycles. The van der Waals surface area contributed by atoms with Crippen LogP contribution in [0.4, 0.5) is 5.69 Å². The number of aromatic nitrogens is 4. The van der Waals surface area contributed by atoms with Crippen molar-refractivity contribution in [3.05, 3.63) is 87.1 Å². The lowest BCUT2D eigenvalue weighted by atomic mass is 10.0. The zero-order valence-electron chi connectivity index (χ0n) is 21.3. The molecular formula is C28H25N5O5S. The third-order valence-electron chi connectivity index (χ3n) is 6.68. The van der Waals surface area contributed by atoms with Crippen molar-refractivity contribution in [3.63, 3.8) is 0 Å². The molecule has 1 aliphatic heterocycles. The van der Waals surface area contributed by atoms with Gasteiger partial charge in [-0.05, 0) is 28.5 Å². The van der Waals surface area contributed by atoms with Gasteiger partial charge < -0.3 is 19.4 Å². The van der Waals surface area contributed by atoms with E-state index in [0.717, 1.165) is 20.9 Å². The molecule has 0 saturated carbocycles. The third-order valence-corrected chi connectivity index (χ3v) is 7.66. The Bertz CT molecular complexity index is 1870. The fourth-order valence-electron chi connectivity index (χ4n) is 4.73. The van der Waals surface area contributed by atoms with Crippen molar-refractivity contribution in [1.82, 2.24) is 18.7 Å². The van der Waals surface area contributed by atoms with Crippen LogP contribution in [0.3, 0.4) is 0 Å². The van der Waals surface area contributed by atoms with Crippen LogP contribution >= 0.6 is 11.8 Å². The number of imidazole rings is 1. The minimum absolute atomic E-state index is 0.0432. The minimum Gasteiger partial charge on any atom is -0.486 e. The van der Waals surface area contributed by atoms with Crippen LogP contribution in [-0.4, -0.2) is 43.6 Å². The molecular weight excluding hydrogens is 518 g/mol. The first-order valence-corrected chi connectivity index (χ1v) is 13.3. The van der Waals surface area contributed by atoms with Gasteiger partial charge in [0.2, 0.25) is 5.91 Å². The van der Waals surface area contributed by atoms with Crippen LogP contribution in [0.25, 0.3) is 21.9 Å². The summed E-state index contributed by atoms with van der Waals surface area (Å²) in [5, 5.41) is 5.47. The van der Waals surface area contributed by atoms with E-state index in [1.165, 1.54) is 23.4 Å². The lowest BCUT2D eigenvalue weighted by Gasteiger charge is -2.19. The molecule has 1 N–H and O–H groups in total. The molecule has 3 heterocycles. The first kappa shape index (κ1) is 24.8. The number of hydrogen-bond acceptors (Lipinski definition) is 7. The molecule has 0 radical (unpaired) electrons. The van der Waals surface area contributed by atoms with Crippen molar-refractivity contribution >= 4 is 45.3 Å². The molecule has 0 spiro atoms. The van der Waals surface area contributed by atoms with Gasteiger partial charge in [0.05, 0.1) is 12.3 Å². The molecule has 198 valence electrons. The van der Waals surface area contributed by atoms with Crippen LogP contribution in [0, 0.1) is 0 Å². The summed E-state index contributed by atoms with van der Waals surface area (Å²) in [6.07, 6.45) is 0. The number of carbonyl (C=O) groups excluding carboxylic acids is 1. The van der Waals surface area contributed by atoms with E-state index in [-0.39, 0.29) is 17.3 Å². The van der Waals surface area contributed by atoms with E-state index in [9.17, 15) is 14.4 Å². The number of fused-ring (bicyclic) bond motifs is 3. The third kappa shape index (κ3) is 4.54. The lowest BCUT2D eigenvalue weighted by molar-refractivity contribution is -0.113. The van der Waals surface area contributed by atoms with Crippen LogP contribution in [0.2, 0.25) is 0 Å². The van der Waals surface area contributed by atoms with Crippen molar-refractivity contribution in [2.75, 3.05) is 24.3 Å². The van der Waals surface area contributed by atoms with Crippen molar-refractivity contribution in [1.29, 1.82) is 0 Å². The van der Waals surface area contributed by atoms with Gasteiger partial charge >= 0.3 is 5.69 Å². The topological polar surface area (TPSA) is 109 Å². The predicted molar refractivity (Wildman–Crippen MR) is 150 cm³/mol. The van der Waals surface area contributed by atoms with E-state index in [4.69, 9.17) is 9.47 Å². The summed E-state index contributed by atoms with van der Waals surface area (Å²) in [4.78, 5) is 43.4. The number of nitrogens with zero attached hydrogens (tertiary/aromatic N) is 4. The predicted octanol–water partition coefficient (Wildman–Crippen LogP) is 3.14. The van der Waals surface area contributed by atoms with E-state index in [0.29, 0.717) is 47.6 Å². The highest BCUT2D eigenvalue weighted by atomic mass is 32.2. The van der Waals surface area contributed by atoms with Crippen LogP contribution in [0.5, 0.6) is 11.5 Å². The Morgan fingerprint density at radius 3 is 2.59 bits per heavy atom. The van der Waals surface area contributed by atoms with Crippen LogP contribution < -0.4 is 26.0 Å². The van der Waals surface area contributed by atoms with Crippen molar-refractivity contribution < 1.29 is 14.3 Å². The molecule has 3 aromatic carbocycles. The Hall–Kier alpha value is -4.51. The Morgan fingerprint density at radius 1 is 0.974 bits per heavy atom. The second-order valence-electron chi connectivity index (χ2n) is 9.19. The number of thioether (sulfide) groups is 1. The molecule has 0 saturated heterocycles.